The lowest BCUT2D eigenvalue weighted by Crippen LogP contribution is -2.49. The van der Waals surface area contributed by atoms with Crippen LogP contribution in [0.5, 0.6) is 0 Å². The second-order valence-corrected chi connectivity index (χ2v) is 11.5. The molecule has 0 radical (unpaired) electrons. The summed E-state index contributed by atoms with van der Waals surface area (Å²) in [4.78, 5) is 45.2. The first-order valence-electron chi connectivity index (χ1n) is 14.2. The smallest absolute Gasteiger partial charge is 0.279 e. The SMILES string of the molecule is C#CCn1c(=O)c2cnc(Nc3ccc(N4CCN(CC(=O)N(C)C)CC4)cc3)nc2n1-c1cccc(CC(C)(C)O)n1. The fourth-order valence-electron chi connectivity index (χ4n) is 5.06. The molecule has 0 bridgehead atoms. The molecule has 0 spiro atoms. The third-order valence-electron chi connectivity index (χ3n) is 7.26. The minimum absolute atomic E-state index is 0.0248. The van der Waals surface area contributed by atoms with Gasteiger partial charge in [-0.05, 0) is 50.2 Å². The van der Waals surface area contributed by atoms with Crippen LogP contribution in [0, 0.1) is 12.3 Å². The van der Waals surface area contributed by atoms with E-state index < -0.39 is 5.60 Å². The number of terminal acetylenes is 1. The summed E-state index contributed by atoms with van der Waals surface area (Å²) in [7, 11) is 3.56. The number of hydrogen-bond acceptors (Lipinski definition) is 9. The van der Waals surface area contributed by atoms with Crippen molar-refractivity contribution in [3.05, 3.63) is 64.7 Å². The number of carbonyl (C=O) groups is 1. The van der Waals surface area contributed by atoms with Crippen molar-refractivity contribution in [2.45, 2.75) is 32.4 Å². The van der Waals surface area contributed by atoms with Crippen LogP contribution in [-0.4, -0.2) is 97.5 Å². The lowest BCUT2D eigenvalue weighted by Gasteiger charge is -2.36. The fourth-order valence-corrected chi connectivity index (χ4v) is 5.06. The van der Waals surface area contributed by atoms with Crippen molar-refractivity contribution in [1.82, 2.24) is 34.1 Å². The quantitative estimate of drug-likeness (QED) is 0.284. The number of fused-ring (bicyclic) bond motifs is 1. The maximum Gasteiger partial charge on any atom is 0.279 e. The Bertz CT molecular complexity index is 1700. The molecule has 0 saturated carbocycles. The van der Waals surface area contributed by atoms with Gasteiger partial charge in [0.25, 0.3) is 5.56 Å². The molecule has 43 heavy (non-hydrogen) atoms. The predicted octanol–water partition coefficient (Wildman–Crippen LogP) is 1.88. The fraction of sp³-hybridized carbons (Fsp3) is 0.387. The number of piperazine rings is 1. The van der Waals surface area contributed by atoms with E-state index in [1.807, 2.05) is 36.4 Å². The first-order chi connectivity index (χ1) is 20.5. The molecule has 4 heterocycles. The molecular weight excluding hydrogens is 546 g/mol. The summed E-state index contributed by atoms with van der Waals surface area (Å²) in [6.45, 7) is 7.22. The first-order valence-corrected chi connectivity index (χ1v) is 14.2. The number of pyridine rings is 1. The topological polar surface area (TPSA) is 125 Å². The van der Waals surface area contributed by atoms with Gasteiger partial charge in [0.15, 0.2) is 11.5 Å². The summed E-state index contributed by atoms with van der Waals surface area (Å²) < 4.78 is 3.01. The standard InChI is InChI=1S/C31H37N9O3/c1-6-14-39-29(42)25-20-32-30(35-28(25)40(39)26-9-7-8-23(33-26)19-31(2,3)43)34-22-10-12-24(13-11-22)38-17-15-37(16-18-38)21-27(41)36(4)5/h1,7-13,20,43H,14-19,21H2,2-5H3,(H,32,34,35). The first kappa shape index (κ1) is 29.8. The highest BCUT2D eigenvalue weighted by Gasteiger charge is 2.21. The monoisotopic (exact) mass is 583 g/mol. The van der Waals surface area contributed by atoms with Crippen molar-refractivity contribution in [2.75, 3.05) is 57.0 Å². The number of carbonyl (C=O) groups excluding carboxylic acids is 1. The van der Waals surface area contributed by atoms with Crippen LogP contribution in [0.25, 0.3) is 16.9 Å². The van der Waals surface area contributed by atoms with E-state index in [0.29, 0.717) is 41.5 Å². The Morgan fingerprint density at radius 2 is 1.81 bits per heavy atom. The molecule has 1 aliphatic heterocycles. The van der Waals surface area contributed by atoms with Crippen LogP contribution >= 0.6 is 0 Å². The molecule has 1 amide bonds. The number of amides is 1. The number of aromatic nitrogens is 5. The molecular formula is C31H37N9O3. The van der Waals surface area contributed by atoms with Crippen molar-refractivity contribution in [1.29, 1.82) is 0 Å². The molecule has 1 fully saturated rings. The average molecular weight is 584 g/mol. The van der Waals surface area contributed by atoms with E-state index in [4.69, 9.17) is 11.4 Å². The second-order valence-electron chi connectivity index (χ2n) is 11.5. The number of aliphatic hydroxyl groups is 1. The summed E-state index contributed by atoms with van der Waals surface area (Å²) in [5, 5.41) is 13.9. The number of anilines is 3. The molecule has 5 rings (SSSR count). The van der Waals surface area contributed by atoms with Crippen molar-refractivity contribution in [3.8, 4) is 18.2 Å². The molecule has 1 aromatic carbocycles. The van der Waals surface area contributed by atoms with Crippen LogP contribution in [0.15, 0.2) is 53.5 Å². The molecule has 0 aliphatic carbocycles. The molecule has 1 aliphatic rings. The lowest BCUT2D eigenvalue weighted by atomic mass is 10.0. The van der Waals surface area contributed by atoms with Crippen molar-refractivity contribution >= 4 is 34.3 Å². The van der Waals surface area contributed by atoms with Gasteiger partial charge in [0.2, 0.25) is 11.9 Å². The Kier molecular flexibility index (Phi) is 8.47. The number of likely N-dealkylation sites (N-methyl/N-ethyl adjacent to an activating group) is 1. The average Bonchev–Trinajstić information content (AvgIpc) is 3.23. The minimum Gasteiger partial charge on any atom is -0.390 e. The normalized spacial score (nSPS) is 14.1. The van der Waals surface area contributed by atoms with E-state index >= 15 is 0 Å². The van der Waals surface area contributed by atoms with Crippen LogP contribution in [0.2, 0.25) is 0 Å². The summed E-state index contributed by atoms with van der Waals surface area (Å²) in [5.41, 5.74) is 1.66. The summed E-state index contributed by atoms with van der Waals surface area (Å²) in [6, 6.07) is 13.4. The van der Waals surface area contributed by atoms with E-state index in [0.717, 1.165) is 37.6 Å². The molecule has 0 unspecified atom stereocenters. The van der Waals surface area contributed by atoms with Crippen molar-refractivity contribution in [2.24, 2.45) is 0 Å². The third kappa shape index (κ3) is 6.85. The Hall–Kier alpha value is -4.73. The summed E-state index contributed by atoms with van der Waals surface area (Å²) >= 11 is 0. The molecule has 2 N–H and O–H groups in total. The molecule has 12 nitrogen and oxygen atoms in total. The van der Waals surface area contributed by atoms with E-state index in [9.17, 15) is 14.7 Å². The van der Waals surface area contributed by atoms with Gasteiger partial charge in [-0.25, -0.2) is 19.3 Å². The number of benzene rings is 1. The van der Waals surface area contributed by atoms with Crippen molar-refractivity contribution < 1.29 is 9.90 Å². The Morgan fingerprint density at radius 3 is 2.47 bits per heavy atom. The van der Waals surface area contributed by atoms with Gasteiger partial charge < -0.3 is 20.2 Å². The number of hydrogen-bond donors (Lipinski definition) is 2. The third-order valence-corrected chi connectivity index (χ3v) is 7.26. The second kappa shape index (κ2) is 12.2. The van der Waals surface area contributed by atoms with Gasteiger partial charge in [-0.3, -0.25) is 14.5 Å². The minimum atomic E-state index is -0.946. The summed E-state index contributed by atoms with van der Waals surface area (Å²) in [5.74, 6) is 3.43. The van der Waals surface area contributed by atoms with Gasteiger partial charge in [0.05, 0.1) is 12.1 Å². The number of nitrogens with one attached hydrogen (secondary N) is 1. The highest BCUT2D eigenvalue weighted by molar-refractivity contribution is 5.78. The van der Waals surface area contributed by atoms with Gasteiger partial charge >= 0.3 is 0 Å². The summed E-state index contributed by atoms with van der Waals surface area (Å²) in [6.07, 6.45) is 7.43. The van der Waals surface area contributed by atoms with Gasteiger partial charge in [-0.15, -0.1) is 6.42 Å². The Labute approximate surface area is 250 Å². The van der Waals surface area contributed by atoms with Crippen LogP contribution in [0.3, 0.4) is 0 Å². The van der Waals surface area contributed by atoms with Crippen LogP contribution < -0.4 is 15.8 Å². The van der Waals surface area contributed by atoms with Crippen LogP contribution in [-0.2, 0) is 17.8 Å². The van der Waals surface area contributed by atoms with E-state index in [2.05, 4.69) is 31.0 Å². The van der Waals surface area contributed by atoms with Gasteiger partial charge in [-0.2, -0.15) is 4.98 Å². The van der Waals surface area contributed by atoms with E-state index in [1.54, 1.807) is 43.6 Å². The Morgan fingerprint density at radius 1 is 1.09 bits per heavy atom. The molecule has 0 atom stereocenters. The number of rotatable bonds is 9. The lowest BCUT2D eigenvalue weighted by molar-refractivity contribution is -0.129. The highest BCUT2D eigenvalue weighted by atomic mass is 16.3. The molecule has 12 heteroatoms. The molecule has 4 aromatic rings. The zero-order chi connectivity index (χ0) is 30.7. The largest absolute Gasteiger partial charge is 0.390 e. The molecule has 224 valence electrons. The zero-order valence-corrected chi connectivity index (χ0v) is 25.0. The van der Waals surface area contributed by atoms with Crippen LogP contribution in [0.4, 0.5) is 17.3 Å². The van der Waals surface area contributed by atoms with Gasteiger partial charge in [-0.1, -0.05) is 12.0 Å². The molecule has 3 aromatic heterocycles. The zero-order valence-electron chi connectivity index (χ0n) is 25.0. The Balaban J connectivity index is 1.36. The van der Waals surface area contributed by atoms with Gasteiger partial charge in [0.1, 0.15) is 11.9 Å². The molecule has 1 saturated heterocycles. The maximum absolute atomic E-state index is 13.2. The van der Waals surface area contributed by atoms with E-state index in [-0.39, 0.29) is 18.0 Å². The van der Waals surface area contributed by atoms with E-state index in [1.165, 1.54) is 10.9 Å². The van der Waals surface area contributed by atoms with Crippen molar-refractivity contribution in [3.63, 3.8) is 0 Å². The number of nitrogens with zero attached hydrogens (tertiary/aromatic N) is 8. The highest BCUT2D eigenvalue weighted by Crippen LogP contribution is 2.23. The van der Waals surface area contributed by atoms with Crippen LogP contribution in [0.1, 0.15) is 19.5 Å². The van der Waals surface area contributed by atoms with Gasteiger partial charge in [0, 0.05) is 70.0 Å². The maximum atomic E-state index is 13.2. The predicted molar refractivity (Wildman–Crippen MR) is 167 cm³/mol.